The number of hydrogen-bond donors (Lipinski definition) is 1. The number of carbonyl (C=O) groups is 1. The summed E-state index contributed by atoms with van der Waals surface area (Å²) in [7, 11) is 0. The van der Waals surface area contributed by atoms with Gasteiger partial charge in [0.1, 0.15) is 5.78 Å². The van der Waals surface area contributed by atoms with Crippen molar-refractivity contribution in [2.24, 2.45) is 5.41 Å². The molecule has 1 N–H and O–H groups in total. The molecule has 0 heterocycles. The van der Waals surface area contributed by atoms with Crippen LogP contribution in [0.2, 0.25) is 0 Å². The lowest BCUT2D eigenvalue weighted by Crippen LogP contribution is -2.31. The molecule has 1 saturated carbocycles. The van der Waals surface area contributed by atoms with E-state index in [2.05, 4.69) is 0 Å². The zero-order valence-electron chi connectivity index (χ0n) is 9.79. The van der Waals surface area contributed by atoms with Crippen molar-refractivity contribution in [1.82, 2.24) is 0 Å². The van der Waals surface area contributed by atoms with Crippen molar-refractivity contribution in [2.45, 2.75) is 52.1 Å². The number of carbonyl (C=O) groups excluding carboxylic acids is 1. The predicted molar refractivity (Wildman–Crippen MR) is 58.7 cm³/mol. The fraction of sp³-hybridized carbons (Fsp3) is 0.917. The van der Waals surface area contributed by atoms with Gasteiger partial charge in [-0.05, 0) is 12.8 Å². The predicted octanol–water partition coefficient (Wildman–Crippen LogP) is 1.92. The molecule has 0 saturated heterocycles. The molecule has 0 aromatic carbocycles. The van der Waals surface area contributed by atoms with Crippen molar-refractivity contribution < 1.29 is 14.6 Å². The first kappa shape index (κ1) is 12.7. The molecule has 1 atom stereocenters. The highest BCUT2D eigenvalue weighted by Gasteiger charge is 2.30. The number of rotatable bonds is 3. The minimum absolute atomic E-state index is 0.0178. The topological polar surface area (TPSA) is 46.5 Å². The van der Waals surface area contributed by atoms with Crippen LogP contribution in [0.15, 0.2) is 0 Å². The van der Waals surface area contributed by atoms with E-state index in [1.54, 1.807) is 0 Å². The summed E-state index contributed by atoms with van der Waals surface area (Å²) in [6.45, 7) is 4.42. The molecule has 0 aromatic rings. The highest BCUT2D eigenvalue weighted by molar-refractivity contribution is 5.84. The van der Waals surface area contributed by atoms with Crippen LogP contribution in [-0.4, -0.2) is 30.2 Å². The Balaban J connectivity index is 2.50. The third-order valence-electron chi connectivity index (χ3n) is 3.19. The summed E-state index contributed by atoms with van der Waals surface area (Å²) < 4.78 is 5.46. The Morgan fingerprint density at radius 3 is 2.87 bits per heavy atom. The van der Waals surface area contributed by atoms with Crippen LogP contribution in [0.1, 0.15) is 46.0 Å². The van der Waals surface area contributed by atoms with Crippen LogP contribution in [0, 0.1) is 5.41 Å². The third-order valence-corrected chi connectivity index (χ3v) is 3.19. The Labute approximate surface area is 91.8 Å². The molecule has 0 aromatic heterocycles. The highest BCUT2D eigenvalue weighted by atomic mass is 16.5. The first-order valence-corrected chi connectivity index (χ1v) is 5.82. The summed E-state index contributed by atoms with van der Waals surface area (Å²) in [5, 5.41) is 8.68. The molecule has 15 heavy (non-hydrogen) atoms. The second-order valence-corrected chi connectivity index (χ2v) is 4.97. The number of aliphatic hydroxyl groups excluding tert-OH is 1. The van der Waals surface area contributed by atoms with Gasteiger partial charge in [-0.1, -0.05) is 26.7 Å². The number of Topliss-reactive ketones (excluding diaryl/α,β-unsaturated/α-hetero) is 1. The maximum atomic E-state index is 11.9. The Bertz CT molecular complexity index is 209. The summed E-state index contributed by atoms with van der Waals surface area (Å²) in [4.78, 5) is 11.9. The van der Waals surface area contributed by atoms with E-state index < -0.39 is 0 Å². The summed E-state index contributed by atoms with van der Waals surface area (Å²) in [6.07, 6.45) is 4.67. The molecule has 1 fully saturated rings. The van der Waals surface area contributed by atoms with E-state index in [1.165, 1.54) is 0 Å². The molecule has 1 rings (SSSR count). The average Bonchev–Trinajstić information content (AvgIpc) is 2.18. The molecular formula is C12H22O3. The van der Waals surface area contributed by atoms with Crippen LogP contribution in [-0.2, 0) is 9.53 Å². The second-order valence-electron chi connectivity index (χ2n) is 4.97. The van der Waals surface area contributed by atoms with Crippen LogP contribution in [0.3, 0.4) is 0 Å². The van der Waals surface area contributed by atoms with E-state index in [0.29, 0.717) is 18.8 Å². The largest absolute Gasteiger partial charge is 0.394 e. The molecule has 0 amide bonds. The summed E-state index contributed by atoms with van der Waals surface area (Å²) in [5.74, 6) is 0.296. The third kappa shape index (κ3) is 3.92. The van der Waals surface area contributed by atoms with Crippen LogP contribution in [0.25, 0.3) is 0 Å². The molecule has 88 valence electrons. The highest BCUT2D eigenvalue weighted by Crippen LogP contribution is 2.30. The van der Waals surface area contributed by atoms with Gasteiger partial charge in [0.2, 0.25) is 0 Å². The minimum atomic E-state index is -0.193. The molecule has 0 spiro atoms. The second kappa shape index (κ2) is 5.61. The molecule has 3 nitrogen and oxygen atoms in total. The SMILES string of the molecule is CC1(C)CCCCC(OCCO)CC1=O. The fourth-order valence-corrected chi connectivity index (χ4v) is 2.03. The van der Waals surface area contributed by atoms with Crippen molar-refractivity contribution in [3.8, 4) is 0 Å². The molecule has 1 aliphatic rings. The van der Waals surface area contributed by atoms with Crippen molar-refractivity contribution in [1.29, 1.82) is 0 Å². The van der Waals surface area contributed by atoms with Gasteiger partial charge in [0, 0.05) is 11.8 Å². The zero-order valence-corrected chi connectivity index (χ0v) is 9.79. The Kier molecular flexibility index (Phi) is 4.74. The van der Waals surface area contributed by atoms with Gasteiger partial charge in [-0.25, -0.2) is 0 Å². The van der Waals surface area contributed by atoms with Gasteiger partial charge in [0.15, 0.2) is 0 Å². The molecular weight excluding hydrogens is 192 g/mol. The standard InChI is InChI=1S/C12H22O3/c1-12(2)6-4-3-5-10(9-11(12)14)15-8-7-13/h10,13H,3-9H2,1-2H3. The lowest BCUT2D eigenvalue weighted by atomic mass is 9.78. The Morgan fingerprint density at radius 1 is 1.47 bits per heavy atom. The molecule has 3 heteroatoms. The first-order valence-electron chi connectivity index (χ1n) is 5.82. The number of ether oxygens (including phenoxy) is 1. The zero-order chi connectivity index (χ0) is 11.3. The number of aliphatic hydroxyl groups is 1. The van der Waals surface area contributed by atoms with Gasteiger partial charge in [-0.15, -0.1) is 0 Å². The van der Waals surface area contributed by atoms with E-state index in [4.69, 9.17) is 9.84 Å². The lowest BCUT2D eigenvalue weighted by Gasteiger charge is -2.29. The van der Waals surface area contributed by atoms with Crippen LogP contribution in [0.4, 0.5) is 0 Å². The maximum Gasteiger partial charge on any atom is 0.141 e. The summed E-state index contributed by atoms with van der Waals surface area (Å²) in [5.41, 5.74) is -0.193. The maximum absolute atomic E-state index is 11.9. The normalized spacial score (nSPS) is 27.1. The molecule has 0 bridgehead atoms. The van der Waals surface area contributed by atoms with Crippen LogP contribution >= 0.6 is 0 Å². The van der Waals surface area contributed by atoms with E-state index in [1.807, 2.05) is 13.8 Å². The Hall–Kier alpha value is -0.410. The first-order chi connectivity index (χ1) is 7.06. The molecule has 1 aliphatic carbocycles. The van der Waals surface area contributed by atoms with Gasteiger partial charge in [-0.2, -0.15) is 0 Å². The molecule has 0 radical (unpaired) electrons. The van der Waals surface area contributed by atoms with E-state index in [0.717, 1.165) is 25.7 Å². The minimum Gasteiger partial charge on any atom is -0.394 e. The smallest absolute Gasteiger partial charge is 0.141 e. The van der Waals surface area contributed by atoms with Gasteiger partial charge >= 0.3 is 0 Å². The van der Waals surface area contributed by atoms with E-state index in [-0.39, 0.29) is 18.1 Å². The summed E-state index contributed by atoms with van der Waals surface area (Å²) in [6, 6.07) is 0. The van der Waals surface area contributed by atoms with Gasteiger partial charge in [-0.3, -0.25) is 4.79 Å². The monoisotopic (exact) mass is 214 g/mol. The van der Waals surface area contributed by atoms with Crippen LogP contribution in [0.5, 0.6) is 0 Å². The van der Waals surface area contributed by atoms with Crippen molar-refractivity contribution in [3.63, 3.8) is 0 Å². The van der Waals surface area contributed by atoms with E-state index >= 15 is 0 Å². The van der Waals surface area contributed by atoms with Crippen molar-refractivity contribution in [2.75, 3.05) is 13.2 Å². The number of hydrogen-bond acceptors (Lipinski definition) is 3. The molecule has 1 unspecified atom stereocenters. The fourth-order valence-electron chi connectivity index (χ4n) is 2.03. The van der Waals surface area contributed by atoms with Gasteiger partial charge < -0.3 is 9.84 Å². The lowest BCUT2D eigenvalue weighted by molar-refractivity contribution is -0.131. The van der Waals surface area contributed by atoms with Gasteiger partial charge in [0.05, 0.1) is 19.3 Å². The van der Waals surface area contributed by atoms with Crippen molar-refractivity contribution in [3.05, 3.63) is 0 Å². The summed E-state index contributed by atoms with van der Waals surface area (Å²) >= 11 is 0. The van der Waals surface area contributed by atoms with Crippen LogP contribution < -0.4 is 0 Å². The quantitative estimate of drug-likeness (QED) is 0.780. The number of ketones is 1. The van der Waals surface area contributed by atoms with E-state index in [9.17, 15) is 4.79 Å². The average molecular weight is 214 g/mol. The molecule has 0 aliphatic heterocycles. The Morgan fingerprint density at radius 2 is 2.20 bits per heavy atom. The van der Waals surface area contributed by atoms with Gasteiger partial charge in [0.25, 0.3) is 0 Å². The van der Waals surface area contributed by atoms with Crippen molar-refractivity contribution >= 4 is 5.78 Å².